The maximum absolute atomic E-state index is 11.9. The molecular weight excluding hydrogens is 286 g/mol. The van der Waals surface area contributed by atoms with Crippen LogP contribution in [0.5, 0.6) is 0 Å². The summed E-state index contributed by atoms with van der Waals surface area (Å²) >= 11 is 6.02. The Hall–Kier alpha value is -1.52. The van der Waals surface area contributed by atoms with Crippen LogP contribution in [0.25, 0.3) is 10.9 Å². The van der Waals surface area contributed by atoms with Gasteiger partial charge in [0.05, 0.1) is 6.04 Å². The van der Waals surface area contributed by atoms with E-state index in [2.05, 4.69) is 10.3 Å². The van der Waals surface area contributed by atoms with Crippen molar-refractivity contribution < 1.29 is 4.79 Å². The van der Waals surface area contributed by atoms with Gasteiger partial charge in [-0.3, -0.25) is 4.79 Å². The number of halogens is 1. The molecule has 0 aliphatic heterocycles. The molecule has 114 valence electrons. The van der Waals surface area contributed by atoms with Crippen molar-refractivity contribution in [2.75, 3.05) is 6.54 Å². The molecule has 2 unspecified atom stereocenters. The van der Waals surface area contributed by atoms with E-state index in [0.29, 0.717) is 11.6 Å². The highest BCUT2D eigenvalue weighted by molar-refractivity contribution is 6.31. The highest BCUT2D eigenvalue weighted by Gasteiger charge is 2.18. The number of nitrogens with two attached hydrogens (primary N) is 1. The van der Waals surface area contributed by atoms with Gasteiger partial charge in [0.1, 0.15) is 0 Å². The molecule has 21 heavy (non-hydrogen) atoms. The molecule has 0 radical (unpaired) electrons. The summed E-state index contributed by atoms with van der Waals surface area (Å²) in [5, 5.41) is 4.72. The minimum absolute atomic E-state index is 0.0813. The number of aromatic amines is 1. The van der Waals surface area contributed by atoms with E-state index in [1.54, 1.807) is 0 Å². The summed E-state index contributed by atoms with van der Waals surface area (Å²) in [6.45, 7) is 4.60. The first-order valence-electron chi connectivity index (χ1n) is 7.31. The van der Waals surface area contributed by atoms with Gasteiger partial charge >= 0.3 is 0 Å². The minimum Gasteiger partial charge on any atom is -0.361 e. The number of nitrogens with one attached hydrogen (secondary N) is 2. The molecule has 0 bridgehead atoms. The van der Waals surface area contributed by atoms with Gasteiger partial charge < -0.3 is 16.0 Å². The maximum atomic E-state index is 11.9. The number of hydrogen-bond donors (Lipinski definition) is 3. The standard InChI is InChI=1S/C16H22ClN3O/c1-3-10(2)15(18)16(21)19-7-6-11-9-20-14-5-4-12(17)8-13(11)14/h4-5,8-10,15,20H,3,6-7,18H2,1-2H3,(H,19,21). The first-order chi connectivity index (χ1) is 10.0. The Morgan fingerprint density at radius 3 is 2.95 bits per heavy atom. The van der Waals surface area contributed by atoms with Crippen LogP contribution in [0.3, 0.4) is 0 Å². The van der Waals surface area contributed by atoms with Crippen molar-refractivity contribution in [1.82, 2.24) is 10.3 Å². The predicted molar refractivity (Wildman–Crippen MR) is 87.5 cm³/mol. The molecule has 0 aliphatic carbocycles. The van der Waals surface area contributed by atoms with Gasteiger partial charge in [0.25, 0.3) is 0 Å². The molecule has 0 saturated heterocycles. The molecule has 4 nitrogen and oxygen atoms in total. The number of aromatic nitrogens is 1. The van der Waals surface area contributed by atoms with Gasteiger partial charge in [-0.15, -0.1) is 0 Å². The fourth-order valence-electron chi connectivity index (χ4n) is 2.31. The van der Waals surface area contributed by atoms with Gasteiger partial charge in [-0.1, -0.05) is 31.9 Å². The van der Waals surface area contributed by atoms with Crippen LogP contribution < -0.4 is 11.1 Å². The predicted octanol–water partition coefficient (Wildman–Crippen LogP) is 2.85. The molecule has 2 aromatic rings. The lowest BCUT2D eigenvalue weighted by Crippen LogP contribution is -2.45. The van der Waals surface area contributed by atoms with Gasteiger partial charge in [0, 0.05) is 28.7 Å². The molecule has 4 N–H and O–H groups in total. The van der Waals surface area contributed by atoms with Crippen LogP contribution in [-0.2, 0) is 11.2 Å². The van der Waals surface area contributed by atoms with Gasteiger partial charge in [-0.25, -0.2) is 0 Å². The Balaban J connectivity index is 1.93. The molecule has 2 rings (SSSR count). The Labute approximate surface area is 130 Å². The van der Waals surface area contributed by atoms with Gasteiger partial charge in [-0.2, -0.15) is 0 Å². The summed E-state index contributed by atoms with van der Waals surface area (Å²) < 4.78 is 0. The van der Waals surface area contributed by atoms with Gasteiger partial charge in [-0.05, 0) is 36.1 Å². The van der Waals surface area contributed by atoms with Crippen molar-refractivity contribution in [2.24, 2.45) is 11.7 Å². The highest BCUT2D eigenvalue weighted by Crippen LogP contribution is 2.22. The van der Waals surface area contributed by atoms with Crippen molar-refractivity contribution in [3.63, 3.8) is 0 Å². The second-order valence-electron chi connectivity index (χ2n) is 5.46. The van der Waals surface area contributed by atoms with E-state index >= 15 is 0 Å². The third-order valence-electron chi connectivity index (χ3n) is 3.98. The van der Waals surface area contributed by atoms with E-state index < -0.39 is 6.04 Å². The lowest BCUT2D eigenvalue weighted by molar-refractivity contribution is -0.123. The molecule has 0 aliphatic rings. The average molecular weight is 308 g/mol. The molecular formula is C16H22ClN3O. The van der Waals surface area contributed by atoms with E-state index in [1.165, 1.54) is 0 Å². The Bertz CT molecular complexity index is 623. The van der Waals surface area contributed by atoms with E-state index in [4.69, 9.17) is 17.3 Å². The van der Waals surface area contributed by atoms with E-state index in [1.807, 2.05) is 38.2 Å². The summed E-state index contributed by atoms with van der Waals surface area (Å²) in [6, 6.07) is 5.32. The molecule has 1 amide bonds. The lowest BCUT2D eigenvalue weighted by Gasteiger charge is -2.17. The van der Waals surface area contributed by atoms with Crippen LogP contribution in [0, 0.1) is 5.92 Å². The number of carbonyl (C=O) groups excluding carboxylic acids is 1. The summed E-state index contributed by atoms with van der Waals surface area (Å²) in [4.78, 5) is 15.1. The number of benzene rings is 1. The second kappa shape index (κ2) is 6.96. The molecule has 2 atom stereocenters. The third-order valence-corrected chi connectivity index (χ3v) is 4.22. The lowest BCUT2D eigenvalue weighted by atomic mass is 9.99. The van der Waals surface area contributed by atoms with Crippen molar-refractivity contribution in [1.29, 1.82) is 0 Å². The fraction of sp³-hybridized carbons (Fsp3) is 0.438. The second-order valence-corrected chi connectivity index (χ2v) is 5.89. The molecule has 0 spiro atoms. The number of H-pyrrole nitrogens is 1. The third kappa shape index (κ3) is 3.77. The molecule has 0 fully saturated rings. The van der Waals surface area contributed by atoms with Crippen LogP contribution in [0.4, 0.5) is 0 Å². The minimum atomic E-state index is -0.438. The van der Waals surface area contributed by atoms with Crippen LogP contribution in [0.1, 0.15) is 25.8 Å². The summed E-state index contributed by atoms with van der Waals surface area (Å²) in [7, 11) is 0. The monoisotopic (exact) mass is 307 g/mol. The average Bonchev–Trinajstić information content (AvgIpc) is 2.88. The smallest absolute Gasteiger partial charge is 0.237 e. The molecule has 0 saturated carbocycles. The number of hydrogen-bond acceptors (Lipinski definition) is 2. The van der Waals surface area contributed by atoms with Gasteiger partial charge in [0.2, 0.25) is 5.91 Å². The topological polar surface area (TPSA) is 70.9 Å². The number of amides is 1. The fourth-order valence-corrected chi connectivity index (χ4v) is 2.48. The van der Waals surface area contributed by atoms with Crippen molar-refractivity contribution in [3.05, 3.63) is 35.0 Å². The number of carbonyl (C=O) groups is 1. The Morgan fingerprint density at radius 1 is 1.48 bits per heavy atom. The summed E-state index contributed by atoms with van der Waals surface area (Å²) in [5.41, 5.74) is 8.10. The first-order valence-corrected chi connectivity index (χ1v) is 7.69. The molecule has 1 heterocycles. The van der Waals surface area contributed by atoms with E-state index in [9.17, 15) is 4.79 Å². The van der Waals surface area contributed by atoms with Crippen molar-refractivity contribution in [3.8, 4) is 0 Å². The molecule has 1 aromatic carbocycles. The van der Waals surface area contributed by atoms with Crippen LogP contribution in [0.15, 0.2) is 24.4 Å². The Kier molecular flexibility index (Phi) is 5.26. The maximum Gasteiger partial charge on any atom is 0.237 e. The molecule has 1 aromatic heterocycles. The zero-order valence-corrected chi connectivity index (χ0v) is 13.2. The normalized spacial score (nSPS) is 14.1. The first kappa shape index (κ1) is 15.9. The van der Waals surface area contributed by atoms with Crippen LogP contribution >= 0.6 is 11.6 Å². The molecule has 5 heteroatoms. The quantitative estimate of drug-likeness (QED) is 0.768. The largest absolute Gasteiger partial charge is 0.361 e. The number of fused-ring (bicyclic) bond motifs is 1. The van der Waals surface area contributed by atoms with Crippen LogP contribution in [-0.4, -0.2) is 23.5 Å². The van der Waals surface area contributed by atoms with Gasteiger partial charge in [0.15, 0.2) is 0 Å². The zero-order chi connectivity index (χ0) is 15.4. The van der Waals surface area contributed by atoms with Crippen molar-refractivity contribution >= 4 is 28.4 Å². The highest BCUT2D eigenvalue weighted by atomic mass is 35.5. The van der Waals surface area contributed by atoms with Crippen molar-refractivity contribution in [2.45, 2.75) is 32.7 Å². The number of rotatable bonds is 6. The SMILES string of the molecule is CCC(C)C(N)C(=O)NCCc1c[nH]c2ccc(Cl)cc12. The van der Waals surface area contributed by atoms with E-state index in [0.717, 1.165) is 29.3 Å². The summed E-state index contributed by atoms with van der Waals surface area (Å²) in [5.74, 6) is 0.110. The Morgan fingerprint density at radius 2 is 2.24 bits per heavy atom. The van der Waals surface area contributed by atoms with Crippen LogP contribution in [0.2, 0.25) is 5.02 Å². The zero-order valence-electron chi connectivity index (χ0n) is 12.4. The van der Waals surface area contributed by atoms with E-state index in [-0.39, 0.29) is 11.8 Å². The summed E-state index contributed by atoms with van der Waals surface area (Å²) in [6.07, 6.45) is 3.61.